The maximum absolute atomic E-state index is 3.34. The Kier molecular flexibility index (Phi) is 5.93. The first kappa shape index (κ1) is 18.5. The Morgan fingerprint density at radius 2 is 1.12 bits per heavy atom. The van der Waals surface area contributed by atoms with Crippen LogP contribution in [0.3, 0.4) is 0 Å². The quantitative estimate of drug-likeness (QED) is 0.473. The Bertz CT molecular complexity index is 770. The Morgan fingerprint density at radius 3 is 1.50 bits per heavy atom. The van der Waals surface area contributed by atoms with Crippen LogP contribution in [0.4, 0.5) is 0 Å². The molecular weight excluding hydrogens is 312 g/mol. The van der Waals surface area contributed by atoms with Crippen molar-refractivity contribution in [3.63, 3.8) is 0 Å². The number of rotatable bonds is 6. The fraction of sp³-hybridized carbons (Fsp3) is 0.308. The van der Waals surface area contributed by atoms with E-state index in [4.69, 9.17) is 0 Å². The van der Waals surface area contributed by atoms with Crippen LogP contribution >= 0.6 is 0 Å². The average Bonchev–Trinajstić information content (AvgIpc) is 2.67. The van der Waals surface area contributed by atoms with Gasteiger partial charge in [-0.1, -0.05) is 85.6 Å². The summed E-state index contributed by atoms with van der Waals surface area (Å²) in [7, 11) is 0. The van der Waals surface area contributed by atoms with Crippen molar-refractivity contribution in [3.8, 4) is 0 Å². The van der Waals surface area contributed by atoms with E-state index in [-0.39, 0.29) is 0 Å². The van der Waals surface area contributed by atoms with Crippen LogP contribution in [0.15, 0.2) is 60.7 Å². The number of hydrogen-bond acceptors (Lipinski definition) is 0. The van der Waals surface area contributed by atoms with Crippen LogP contribution in [-0.4, -0.2) is 0 Å². The second kappa shape index (κ2) is 8.36. The molecule has 0 aliphatic rings. The maximum atomic E-state index is 3.34. The maximum Gasteiger partial charge on any atom is 0.0130 e. The molecule has 0 heteroatoms. The largest absolute Gasteiger partial charge is 0.0613 e. The van der Waals surface area contributed by atoms with E-state index in [0.717, 1.165) is 19.3 Å². The van der Waals surface area contributed by atoms with E-state index in [0.29, 0.717) is 5.92 Å². The van der Waals surface area contributed by atoms with Crippen LogP contribution in [0.25, 0.3) is 0 Å². The molecule has 0 saturated carbocycles. The molecule has 133 valence electrons. The van der Waals surface area contributed by atoms with Crippen LogP contribution in [-0.2, 0) is 19.3 Å². The minimum absolute atomic E-state index is 0.384. The van der Waals surface area contributed by atoms with E-state index in [1.807, 2.05) is 0 Å². The summed E-state index contributed by atoms with van der Waals surface area (Å²) in [5.41, 5.74) is 9.82. The summed E-state index contributed by atoms with van der Waals surface area (Å²) in [5.74, 6) is 0.384. The molecule has 0 unspecified atom stereocenters. The smallest absolute Gasteiger partial charge is 0.0130 e. The molecule has 0 aliphatic carbocycles. The first-order valence-corrected chi connectivity index (χ1v) is 9.76. The molecule has 0 atom stereocenters. The van der Waals surface area contributed by atoms with Gasteiger partial charge in [0, 0.05) is 5.92 Å². The van der Waals surface area contributed by atoms with E-state index < -0.39 is 0 Å². The first-order chi connectivity index (χ1) is 12.6. The van der Waals surface area contributed by atoms with Gasteiger partial charge in [-0.15, -0.1) is 0 Å². The lowest BCUT2D eigenvalue weighted by Gasteiger charge is -2.22. The molecule has 0 heterocycles. The Balaban J connectivity index is 2.07. The predicted molar refractivity (Wildman–Crippen MR) is 112 cm³/mol. The molecule has 3 aromatic carbocycles. The van der Waals surface area contributed by atoms with Gasteiger partial charge in [0.2, 0.25) is 0 Å². The lowest BCUT2D eigenvalue weighted by molar-refractivity contribution is 0.783. The third kappa shape index (κ3) is 4.07. The van der Waals surface area contributed by atoms with Crippen LogP contribution in [0.1, 0.15) is 58.7 Å². The third-order valence-electron chi connectivity index (χ3n) is 5.42. The van der Waals surface area contributed by atoms with Gasteiger partial charge in [0.1, 0.15) is 0 Å². The highest BCUT2D eigenvalue weighted by Gasteiger charge is 2.18. The normalized spacial score (nSPS) is 11.1. The van der Waals surface area contributed by atoms with Gasteiger partial charge in [-0.25, -0.2) is 0 Å². The van der Waals surface area contributed by atoms with Gasteiger partial charge in [-0.3, -0.25) is 0 Å². The summed E-state index contributed by atoms with van der Waals surface area (Å²) in [5, 5.41) is 0. The molecule has 3 rings (SSSR count). The molecule has 0 nitrogen and oxygen atoms in total. The van der Waals surface area contributed by atoms with Gasteiger partial charge < -0.3 is 0 Å². The van der Waals surface area contributed by atoms with E-state index in [1.54, 1.807) is 0 Å². The summed E-state index contributed by atoms with van der Waals surface area (Å²) in [6.07, 6.45) is 3.18. The predicted octanol–water partition coefficient (Wildman–Crippen LogP) is 6.60. The van der Waals surface area contributed by atoms with Crippen LogP contribution < -0.4 is 0 Å². The molecule has 0 bridgehead atoms. The fourth-order valence-corrected chi connectivity index (χ4v) is 3.75. The molecule has 1 radical (unpaired) electrons. The monoisotopic (exact) mass is 341 g/mol. The molecule has 0 spiro atoms. The van der Waals surface area contributed by atoms with Crippen LogP contribution in [0.5, 0.6) is 0 Å². The summed E-state index contributed by atoms with van der Waals surface area (Å²) in [4.78, 5) is 0. The lowest BCUT2D eigenvalue weighted by atomic mass is 9.82. The summed E-state index contributed by atoms with van der Waals surface area (Å²) >= 11 is 0. The van der Waals surface area contributed by atoms with Gasteiger partial charge in [0.25, 0.3) is 0 Å². The minimum atomic E-state index is 0.384. The standard InChI is InChI=1S/C26H29/c1-5-21-8-7-9-22(6-2)25(21)18-26(23-14-10-19(3)11-15-23)24-16-12-20(4)13-17-24/h8-17,26H,5-6,18H2,1-4H3. The van der Waals surface area contributed by atoms with Crippen molar-refractivity contribution in [3.05, 3.63) is 106 Å². The second-order valence-corrected chi connectivity index (χ2v) is 7.27. The number of hydrogen-bond donors (Lipinski definition) is 0. The lowest BCUT2D eigenvalue weighted by Crippen LogP contribution is -2.09. The summed E-state index contributed by atoms with van der Waals surface area (Å²) in [6, 6.07) is 25.8. The second-order valence-electron chi connectivity index (χ2n) is 7.27. The number of benzene rings is 3. The first-order valence-electron chi connectivity index (χ1n) is 9.76. The Labute approximate surface area is 158 Å². The molecular formula is C26H29. The van der Waals surface area contributed by atoms with E-state index in [1.165, 1.54) is 38.9 Å². The zero-order valence-electron chi connectivity index (χ0n) is 16.5. The molecule has 0 fully saturated rings. The van der Waals surface area contributed by atoms with Gasteiger partial charge in [-0.2, -0.15) is 0 Å². The van der Waals surface area contributed by atoms with E-state index in [9.17, 15) is 0 Å². The molecule has 26 heavy (non-hydrogen) atoms. The van der Waals surface area contributed by atoms with Gasteiger partial charge in [0.15, 0.2) is 0 Å². The van der Waals surface area contributed by atoms with Crippen molar-refractivity contribution >= 4 is 0 Å². The topological polar surface area (TPSA) is 0 Å². The van der Waals surface area contributed by atoms with Crippen molar-refractivity contribution < 1.29 is 0 Å². The fourth-order valence-electron chi connectivity index (χ4n) is 3.75. The molecule has 0 aromatic heterocycles. The van der Waals surface area contributed by atoms with Gasteiger partial charge in [0.05, 0.1) is 0 Å². The highest BCUT2D eigenvalue weighted by molar-refractivity contribution is 5.42. The zero-order chi connectivity index (χ0) is 18.5. The Hall–Kier alpha value is -2.34. The molecule has 0 N–H and O–H groups in total. The Morgan fingerprint density at radius 1 is 0.692 bits per heavy atom. The van der Waals surface area contributed by atoms with Crippen molar-refractivity contribution in [2.75, 3.05) is 0 Å². The molecule has 0 aliphatic heterocycles. The van der Waals surface area contributed by atoms with E-state index >= 15 is 0 Å². The summed E-state index contributed by atoms with van der Waals surface area (Å²) in [6.45, 7) is 8.81. The summed E-state index contributed by atoms with van der Waals surface area (Å²) < 4.78 is 0. The third-order valence-corrected chi connectivity index (χ3v) is 5.42. The molecule has 0 amide bonds. The van der Waals surface area contributed by atoms with Crippen LogP contribution in [0.2, 0.25) is 0 Å². The minimum Gasteiger partial charge on any atom is -0.0613 e. The highest BCUT2D eigenvalue weighted by Crippen LogP contribution is 2.32. The highest BCUT2D eigenvalue weighted by atomic mass is 14.2. The van der Waals surface area contributed by atoms with Crippen molar-refractivity contribution in [1.29, 1.82) is 0 Å². The van der Waals surface area contributed by atoms with Gasteiger partial charge >= 0.3 is 0 Å². The number of aryl methyl sites for hydroxylation is 4. The van der Waals surface area contributed by atoms with Crippen molar-refractivity contribution in [2.24, 2.45) is 0 Å². The molecule has 0 saturated heterocycles. The molecule has 3 aromatic rings. The van der Waals surface area contributed by atoms with Crippen molar-refractivity contribution in [2.45, 2.75) is 52.9 Å². The van der Waals surface area contributed by atoms with Crippen LogP contribution in [0, 0.1) is 19.9 Å². The van der Waals surface area contributed by atoms with Crippen molar-refractivity contribution in [1.82, 2.24) is 0 Å². The zero-order valence-corrected chi connectivity index (χ0v) is 16.5. The SMILES string of the molecule is CCc1c[c]cc(CC)c1CC(c1ccc(C)cc1)c1ccc(C)cc1. The van der Waals surface area contributed by atoms with Gasteiger partial charge in [-0.05, 0) is 67.0 Å². The average molecular weight is 342 g/mol. The van der Waals surface area contributed by atoms with E-state index in [2.05, 4.69) is 94.4 Å².